The number of carbonyl (C=O) groups is 2. The van der Waals surface area contributed by atoms with Crippen LogP contribution in [-0.2, 0) is 30.6 Å². The number of hydrogen-bond donors (Lipinski definition) is 2. The van der Waals surface area contributed by atoms with E-state index in [9.17, 15) is 9.59 Å². The van der Waals surface area contributed by atoms with Crippen LogP contribution in [0.25, 0.3) is 0 Å². The Bertz CT molecular complexity index is 1040. The van der Waals surface area contributed by atoms with Crippen molar-refractivity contribution in [2.45, 2.75) is 38.6 Å². The van der Waals surface area contributed by atoms with Gasteiger partial charge in [-0.25, -0.2) is 4.98 Å². The molecular formula is C24H25N3O3S. The van der Waals surface area contributed by atoms with Crippen molar-refractivity contribution in [1.29, 1.82) is 0 Å². The normalized spacial score (nSPS) is 12.7. The molecule has 0 saturated carbocycles. The fourth-order valence-electron chi connectivity index (χ4n) is 3.54. The van der Waals surface area contributed by atoms with E-state index >= 15 is 0 Å². The maximum absolute atomic E-state index is 12.5. The fraction of sp³-hybridized carbons (Fsp3) is 0.292. The third-order valence-electron chi connectivity index (χ3n) is 5.30. The molecule has 31 heavy (non-hydrogen) atoms. The zero-order valence-electron chi connectivity index (χ0n) is 17.4. The minimum atomic E-state index is -0.166. The van der Waals surface area contributed by atoms with Gasteiger partial charge in [0.2, 0.25) is 5.91 Å². The number of benzene rings is 2. The van der Waals surface area contributed by atoms with Gasteiger partial charge in [0.05, 0.1) is 19.2 Å². The number of methoxy groups -OCH3 is 1. The van der Waals surface area contributed by atoms with Gasteiger partial charge in [0, 0.05) is 17.0 Å². The molecule has 1 aromatic heterocycles. The molecular weight excluding hydrogens is 410 g/mol. The summed E-state index contributed by atoms with van der Waals surface area (Å²) < 4.78 is 5.13. The molecule has 3 aromatic rings. The third-order valence-corrected chi connectivity index (χ3v) is 6.37. The first-order chi connectivity index (χ1) is 15.1. The van der Waals surface area contributed by atoms with Crippen molar-refractivity contribution in [2.75, 3.05) is 12.4 Å². The van der Waals surface area contributed by atoms with E-state index in [0.717, 1.165) is 35.4 Å². The lowest BCUT2D eigenvalue weighted by Crippen LogP contribution is -2.24. The fourth-order valence-corrected chi connectivity index (χ4v) is 4.59. The van der Waals surface area contributed by atoms with Crippen molar-refractivity contribution in [3.63, 3.8) is 0 Å². The summed E-state index contributed by atoms with van der Waals surface area (Å²) in [5, 5.41) is 6.50. The molecule has 1 aliphatic carbocycles. The van der Waals surface area contributed by atoms with E-state index < -0.39 is 0 Å². The summed E-state index contributed by atoms with van der Waals surface area (Å²) in [6.45, 7) is 0.413. The summed E-state index contributed by atoms with van der Waals surface area (Å²) >= 11 is 1.58. The molecule has 2 aromatic carbocycles. The van der Waals surface area contributed by atoms with Gasteiger partial charge < -0.3 is 10.1 Å². The molecule has 0 bridgehead atoms. The second-order valence-corrected chi connectivity index (χ2v) is 8.63. The molecule has 1 heterocycles. The number of nitrogens with zero attached hydrogens (tertiary/aromatic N) is 1. The Hall–Kier alpha value is -3.19. The van der Waals surface area contributed by atoms with E-state index in [1.54, 1.807) is 30.6 Å². The van der Waals surface area contributed by atoms with Crippen molar-refractivity contribution in [2.24, 2.45) is 0 Å². The molecule has 0 fully saturated rings. The van der Waals surface area contributed by atoms with E-state index in [0.29, 0.717) is 23.7 Å². The topological polar surface area (TPSA) is 80.3 Å². The van der Waals surface area contributed by atoms with Gasteiger partial charge in [-0.3, -0.25) is 14.9 Å². The smallest absolute Gasteiger partial charge is 0.257 e. The highest BCUT2D eigenvalue weighted by Gasteiger charge is 2.17. The van der Waals surface area contributed by atoms with Crippen molar-refractivity contribution in [3.05, 3.63) is 75.8 Å². The SMILES string of the molecule is COc1ccc(CC(=O)NCc2ccc(C(=O)Nc3nc4c(s3)CCCC4)cc2)cc1. The average Bonchev–Trinajstić information content (AvgIpc) is 3.21. The summed E-state index contributed by atoms with van der Waals surface area (Å²) in [7, 11) is 1.61. The van der Waals surface area contributed by atoms with Crippen LogP contribution in [0.15, 0.2) is 48.5 Å². The molecule has 0 unspecified atom stereocenters. The minimum absolute atomic E-state index is 0.0558. The molecule has 6 nitrogen and oxygen atoms in total. The number of aryl methyl sites for hydroxylation is 2. The summed E-state index contributed by atoms with van der Waals surface area (Å²) in [6, 6.07) is 14.7. The average molecular weight is 436 g/mol. The zero-order chi connectivity index (χ0) is 21.6. The number of fused-ring (bicyclic) bond motifs is 1. The van der Waals surface area contributed by atoms with Gasteiger partial charge in [0.15, 0.2) is 5.13 Å². The van der Waals surface area contributed by atoms with Gasteiger partial charge >= 0.3 is 0 Å². The quantitative estimate of drug-likeness (QED) is 0.584. The summed E-state index contributed by atoms with van der Waals surface area (Å²) in [5.74, 6) is 0.545. The lowest BCUT2D eigenvalue weighted by molar-refractivity contribution is -0.120. The van der Waals surface area contributed by atoms with Gasteiger partial charge in [0.25, 0.3) is 5.91 Å². The van der Waals surface area contributed by atoms with Crippen LogP contribution in [0.4, 0.5) is 5.13 Å². The minimum Gasteiger partial charge on any atom is -0.497 e. The highest BCUT2D eigenvalue weighted by Crippen LogP contribution is 2.29. The van der Waals surface area contributed by atoms with E-state index in [4.69, 9.17) is 4.74 Å². The molecule has 160 valence electrons. The van der Waals surface area contributed by atoms with Gasteiger partial charge in [-0.15, -0.1) is 11.3 Å². The van der Waals surface area contributed by atoms with Gasteiger partial charge in [-0.1, -0.05) is 24.3 Å². The van der Waals surface area contributed by atoms with Crippen molar-refractivity contribution in [1.82, 2.24) is 10.3 Å². The van der Waals surface area contributed by atoms with Crippen LogP contribution in [0.1, 0.15) is 44.9 Å². The monoisotopic (exact) mass is 435 g/mol. The van der Waals surface area contributed by atoms with Crippen LogP contribution in [-0.4, -0.2) is 23.9 Å². The largest absolute Gasteiger partial charge is 0.497 e. The molecule has 0 spiro atoms. The van der Waals surface area contributed by atoms with Crippen LogP contribution in [0.2, 0.25) is 0 Å². The number of nitrogens with one attached hydrogen (secondary N) is 2. The first-order valence-electron chi connectivity index (χ1n) is 10.4. The molecule has 1 aliphatic rings. The lowest BCUT2D eigenvalue weighted by Gasteiger charge is -2.07. The number of amides is 2. The van der Waals surface area contributed by atoms with Gasteiger partial charge in [-0.2, -0.15) is 0 Å². The molecule has 2 N–H and O–H groups in total. The number of carbonyl (C=O) groups excluding carboxylic acids is 2. The number of rotatable bonds is 7. The number of anilines is 1. The van der Waals surface area contributed by atoms with Crippen LogP contribution in [0.5, 0.6) is 5.75 Å². The molecule has 0 saturated heterocycles. The highest BCUT2D eigenvalue weighted by atomic mass is 32.1. The number of hydrogen-bond acceptors (Lipinski definition) is 5. The Morgan fingerprint density at radius 2 is 1.71 bits per heavy atom. The van der Waals surface area contributed by atoms with Gasteiger partial charge in [-0.05, 0) is 61.1 Å². The molecule has 0 radical (unpaired) electrons. The van der Waals surface area contributed by atoms with E-state index in [1.165, 1.54) is 17.7 Å². The summed E-state index contributed by atoms with van der Waals surface area (Å²) in [6.07, 6.45) is 4.73. The molecule has 0 atom stereocenters. The summed E-state index contributed by atoms with van der Waals surface area (Å²) in [4.78, 5) is 30.6. The van der Waals surface area contributed by atoms with Crippen LogP contribution in [0, 0.1) is 0 Å². The summed E-state index contributed by atoms with van der Waals surface area (Å²) in [5.41, 5.74) is 3.56. The van der Waals surface area contributed by atoms with E-state index in [-0.39, 0.29) is 11.8 Å². The van der Waals surface area contributed by atoms with Crippen molar-refractivity contribution in [3.8, 4) is 5.75 Å². The molecule has 4 rings (SSSR count). The maximum Gasteiger partial charge on any atom is 0.257 e. The van der Waals surface area contributed by atoms with Gasteiger partial charge in [0.1, 0.15) is 5.75 Å². The number of ether oxygens (including phenoxy) is 1. The third kappa shape index (κ3) is 5.49. The lowest BCUT2D eigenvalue weighted by atomic mass is 10.0. The van der Waals surface area contributed by atoms with Crippen molar-refractivity contribution < 1.29 is 14.3 Å². The predicted octanol–water partition coefficient (Wildman–Crippen LogP) is 4.14. The maximum atomic E-state index is 12.5. The first-order valence-corrected chi connectivity index (χ1v) is 11.2. The highest BCUT2D eigenvalue weighted by molar-refractivity contribution is 7.15. The molecule has 0 aliphatic heterocycles. The van der Waals surface area contributed by atoms with E-state index in [2.05, 4.69) is 15.6 Å². The van der Waals surface area contributed by atoms with E-state index in [1.807, 2.05) is 36.4 Å². The number of aromatic nitrogens is 1. The Kier molecular flexibility index (Phi) is 6.62. The second kappa shape index (κ2) is 9.75. The molecule has 2 amide bonds. The van der Waals surface area contributed by atoms with Crippen molar-refractivity contribution >= 4 is 28.3 Å². The Morgan fingerprint density at radius 1 is 1.00 bits per heavy atom. The molecule has 7 heteroatoms. The van der Waals surface area contributed by atoms with Crippen LogP contribution < -0.4 is 15.4 Å². The second-order valence-electron chi connectivity index (χ2n) is 7.55. The van der Waals surface area contributed by atoms with Crippen LogP contribution >= 0.6 is 11.3 Å². The standard InChI is InChI=1S/C24H25N3O3S/c1-30-19-12-8-16(9-13-19)14-22(28)25-15-17-6-10-18(11-7-17)23(29)27-24-26-20-4-2-3-5-21(20)31-24/h6-13H,2-5,14-15H2,1H3,(H,25,28)(H,26,27,29). The Labute approximate surface area is 185 Å². The number of thiazole rings is 1. The predicted molar refractivity (Wildman–Crippen MR) is 122 cm³/mol. The Morgan fingerprint density at radius 3 is 2.42 bits per heavy atom. The Balaban J connectivity index is 1.27. The first kappa shape index (κ1) is 21.1. The zero-order valence-corrected chi connectivity index (χ0v) is 18.3. The van der Waals surface area contributed by atoms with Crippen LogP contribution in [0.3, 0.4) is 0 Å².